The zero-order valence-corrected chi connectivity index (χ0v) is 8.99. The standard InChI is InChI=1S/C11H5N7/c12-2-7-1-8(15)5-16-11(7)18-6-17-9(3-13)10(18)4-14/h1,5-6H,15H2. The van der Waals surface area contributed by atoms with Crippen LogP contribution in [0.5, 0.6) is 0 Å². The topological polar surface area (TPSA) is 128 Å². The maximum absolute atomic E-state index is 9.00. The molecule has 0 aliphatic rings. The molecule has 0 aliphatic carbocycles. The molecule has 2 aromatic heterocycles. The first-order valence-corrected chi connectivity index (χ1v) is 4.74. The molecule has 0 aromatic carbocycles. The highest BCUT2D eigenvalue weighted by Crippen LogP contribution is 2.17. The lowest BCUT2D eigenvalue weighted by molar-refractivity contribution is 0.970. The monoisotopic (exact) mass is 235 g/mol. The first kappa shape index (κ1) is 11.1. The minimum Gasteiger partial charge on any atom is -0.397 e. The predicted octanol–water partition coefficient (Wildman–Crippen LogP) is 0.465. The molecule has 0 saturated carbocycles. The molecule has 2 rings (SSSR count). The second-order valence-corrected chi connectivity index (χ2v) is 3.29. The lowest BCUT2D eigenvalue weighted by atomic mass is 10.2. The largest absolute Gasteiger partial charge is 0.397 e. The maximum Gasteiger partial charge on any atom is 0.177 e. The quantitative estimate of drug-likeness (QED) is 0.764. The Bertz CT molecular complexity index is 736. The fourth-order valence-corrected chi connectivity index (χ4v) is 1.45. The highest BCUT2D eigenvalue weighted by molar-refractivity contribution is 5.54. The molecule has 0 unspecified atom stereocenters. The fraction of sp³-hybridized carbons (Fsp3) is 0. The zero-order valence-electron chi connectivity index (χ0n) is 8.99. The van der Waals surface area contributed by atoms with Crippen LogP contribution < -0.4 is 5.73 Å². The van der Waals surface area contributed by atoms with E-state index in [4.69, 9.17) is 21.5 Å². The van der Waals surface area contributed by atoms with Crippen LogP contribution in [0.2, 0.25) is 0 Å². The zero-order chi connectivity index (χ0) is 13.1. The number of hydrogen-bond donors (Lipinski definition) is 1. The molecule has 2 N–H and O–H groups in total. The van der Waals surface area contributed by atoms with Gasteiger partial charge in [-0.3, -0.25) is 4.57 Å². The Labute approximate surface area is 102 Å². The Morgan fingerprint density at radius 2 is 1.89 bits per heavy atom. The Morgan fingerprint density at radius 1 is 1.11 bits per heavy atom. The summed E-state index contributed by atoms with van der Waals surface area (Å²) in [6.45, 7) is 0. The number of nitrogens with zero attached hydrogens (tertiary/aromatic N) is 6. The van der Waals surface area contributed by atoms with E-state index in [0.717, 1.165) is 0 Å². The number of imidazole rings is 1. The van der Waals surface area contributed by atoms with Gasteiger partial charge >= 0.3 is 0 Å². The van der Waals surface area contributed by atoms with E-state index < -0.39 is 0 Å². The molecule has 7 nitrogen and oxygen atoms in total. The second kappa shape index (κ2) is 4.25. The molecule has 2 aromatic rings. The first-order valence-electron chi connectivity index (χ1n) is 4.74. The van der Waals surface area contributed by atoms with Crippen molar-refractivity contribution >= 4 is 5.69 Å². The Morgan fingerprint density at radius 3 is 2.50 bits per heavy atom. The summed E-state index contributed by atoms with van der Waals surface area (Å²) in [5, 5.41) is 26.8. The van der Waals surface area contributed by atoms with E-state index in [0.29, 0.717) is 5.69 Å². The Balaban J connectivity index is 2.72. The average Bonchev–Trinajstić information content (AvgIpc) is 2.81. The summed E-state index contributed by atoms with van der Waals surface area (Å²) >= 11 is 0. The van der Waals surface area contributed by atoms with E-state index in [1.807, 2.05) is 12.1 Å². The third-order valence-electron chi connectivity index (χ3n) is 2.22. The smallest absolute Gasteiger partial charge is 0.177 e. The van der Waals surface area contributed by atoms with Crippen LogP contribution in [-0.4, -0.2) is 14.5 Å². The SMILES string of the molecule is N#Cc1cc(N)cnc1-n1cnc(C#N)c1C#N. The molecule has 0 fully saturated rings. The summed E-state index contributed by atoms with van der Waals surface area (Å²) in [4.78, 5) is 7.77. The Hall–Kier alpha value is -3.37. The molecular formula is C11H5N7. The van der Waals surface area contributed by atoms with Gasteiger partial charge in [-0.1, -0.05) is 0 Å². The van der Waals surface area contributed by atoms with Gasteiger partial charge in [0.2, 0.25) is 0 Å². The van der Waals surface area contributed by atoms with Crippen molar-refractivity contribution in [2.75, 3.05) is 5.73 Å². The number of pyridine rings is 1. The van der Waals surface area contributed by atoms with Crippen molar-refractivity contribution in [1.29, 1.82) is 15.8 Å². The summed E-state index contributed by atoms with van der Waals surface area (Å²) in [7, 11) is 0. The van der Waals surface area contributed by atoms with Crippen molar-refractivity contribution in [2.45, 2.75) is 0 Å². The molecule has 0 saturated heterocycles. The molecule has 0 amide bonds. The number of nitriles is 3. The number of aromatic nitrogens is 3. The Kier molecular flexibility index (Phi) is 2.62. The van der Waals surface area contributed by atoms with E-state index in [1.54, 1.807) is 6.07 Å². The van der Waals surface area contributed by atoms with Crippen LogP contribution in [0.4, 0.5) is 5.69 Å². The van der Waals surface area contributed by atoms with Gasteiger partial charge in [-0.15, -0.1) is 0 Å². The van der Waals surface area contributed by atoms with Crippen LogP contribution in [-0.2, 0) is 0 Å². The van der Waals surface area contributed by atoms with Gasteiger partial charge in [0.25, 0.3) is 0 Å². The molecule has 0 aliphatic heterocycles. The van der Waals surface area contributed by atoms with Crippen molar-refractivity contribution in [3.05, 3.63) is 35.5 Å². The molecular weight excluding hydrogens is 230 g/mol. The summed E-state index contributed by atoms with van der Waals surface area (Å²) in [5.74, 6) is 0.220. The van der Waals surface area contributed by atoms with Crippen molar-refractivity contribution in [2.24, 2.45) is 0 Å². The molecule has 84 valence electrons. The van der Waals surface area contributed by atoms with E-state index in [2.05, 4.69) is 9.97 Å². The fourth-order valence-electron chi connectivity index (χ4n) is 1.45. The lowest BCUT2D eigenvalue weighted by Crippen LogP contribution is -2.03. The van der Waals surface area contributed by atoms with Crippen molar-refractivity contribution in [1.82, 2.24) is 14.5 Å². The van der Waals surface area contributed by atoms with Crippen LogP contribution in [0.1, 0.15) is 17.0 Å². The van der Waals surface area contributed by atoms with Crippen molar-refractivity contribution < 1.29 is 0 Å². The van der Waals surface area contributed by atoms with E-state index in [-0.39, 0.29) is 22.8 Å². The lowest BCUT2D eigenvalue weighted by Gasteiger charge is -2.05. The van der Waals surface area contributed by atoms with Gasteiger partial charge in [0.1, 0.15) is 24.5 Å². The van der Waals surface area contributed by atoms with Crippen molar-refractivity contribution in [3.8, 4) is 24.0 Å². The van der Waals surface area contributed by atoms with Gasteiger partial charge in [0.15, 0.2) is 17.2 Å². The van der Waals surface area contributed by atoms with Gasteiger partial charge in [0, 0.05) is 0 Å². The molecule has 7 heteroatoms. The van der Waals surface area contributed by atoms with Crippen LogP contribution in [0.25, 0.3) is 5.82 Å². The van der Waals surface area contributed by atoms with Crippen molar-refractivity contribution in [3.63, 3.8) is 0 Å². The van der Waals surface area contributed by atoms with Gasteiger partial charge in [0.05, 0.1) is 17.4 Å². The number of rotatable bonds is 1. The molecule has 0 bridgehead atoms. The van der Waals surface area contributed by atoms with Gasteiger partial charge < -0.3 is 5.73 Å². The van der Waals surface area contributed by atoms with Crippen LogP contribution in [0, 0.1) is 34.0 Å². The van der Waals surface area contributed by atoms with E-state index >= 15 is 0 Å². The molecule has 2 heterocycles. The minimum atomic E-state index is -0.0139. The van der Waals surface area contributed by atoms with E-state index in [1.165, 1.54) is 23.2 Å². The third-order valence-corrected chi connectivity index (χ3v) is 2.22. The van der Waals surface area contributed by atoms with Crippen LogP contribution >= 0.6 is 0 Å². The molecule has 0 atom stereocenters. The highest BCUT2D eigenvalue weighted by Gasteiger charge is 2.15. The predicted molar refractivity (Wildman–Crippen MR) is 59.9 cm³/mol. The summed E-state index contributed by atoms with van der Waals surface area (Å²) < 4.78 is 1.29. The number of nitrogens with two attached hydrogens (primary N) is 1. The highest BCUT2D eigenvalue weighted by atomic mass is 15.1. The third kappa shape index (κ3) is 1.60. The maximum atomic E-state index is 9.00. The molecule has 18 heavy (non-hydrogen) atoms. The number of hydrogen-bond acceptors (Lipinski definition) is 6. The average molecular weight is 235 g/mol. The number of anilines is 1. The summed E-state index contributed by atoms with van der Waals surface area (Å²) in [6, 6.07) is 7.02. The van der Waals surface area contributed by atoms with Crippen LogP contribution in [0.15, 0.2) is 18.6 Å². The summed E-state index contributed by atoms with van der Waals surface area (Å²) in [6.07, 6.45) is 2.64. The minimum absolute atomic E-state index is 0.0139. The summed E-state index contributed by atoms with van der Waals surface area (Å²) in [5.41, 5.74) is 6.09. The van der Waals surface area contributed by atoms with Gasteiger partial charge in [-0.2, -0.15) is 15.8 Å². The van der Waals surface area contributed by atoms with E-state index in [9.17, 15) is 0 Å². The molecule has 0 spiro atoms. The van der Waals surface area contributed by atoms with Gasteiger partial charge in [-0.05, 0) is 6.07 Å². The first-order chi connectivity index (χ1) is 8.71. The molecule has 0 radical (unpaired) electrons. The van der Waals surface area contributed by atoms with Gasteiger partial charge in [-0.25, -0.2) is 9.97 Å². The number of nitrogen functional groups attached to an aromatic ring is 1. The normalized spacial score (nSPS) is 9.17. The second-order valence-electron chi connectivity index (χ2n) is 3.29. The van der Waals surface area contributed by atoms with Crippen LogP contribution in [0.3, 0.4) is 0 Å².